The topological polar surface area (TPSA) is 122 Å². The Balaban J connectivity index is 2.22. The number of hydrogen-bond donors (Lipinski definition) is 4. The molecule has 0 spiro atoms. The van der Waals surface area contributed by atoms with Gasteiger partial charge in [0.1, 0.15) is 17.1 Å². The van der Waals surface area contributed by atoms with Crippen molar-refractivity contribution in [2.24, 2.45) is 5.73 Å². The summed E-state index contributed by atoms with van der Waals surface area (Å²) in [6, 6.07) is 11.2. The summed E-state index contributed by atoms with van der Waals surface area (Å²) in [5.41, 5.74) is 7.75. The zero-order valence-corrected chi connectivity index (χ0v) is 12.5. The van der Waals surface area contributed by atoms with Gasteiger partial charge in [0.15, 0.2) is 0 Å². The van der Waals surface area contributed by atoms with Crippen molar-refractivity contribution >= 4 is 5.97 Å². The van der Waals surface area contributed by atoms with Crippen LogP contribution < -0.4 is 5.73 Å². The SMILES string of the molecule is NCc1ccccc1-n1nccc1-c1cc(C(=O)O)c(O)cc1O. The standard InChI is InChI=1S/C17H15N3O4/c18-9-10-3-1-2-4-13(10)20-14(5-6-19-20)11-7-12(17(23)24)16(22)8-15(11)21/h1-8,21-22H,9,18H2,(H,23,24). The van der Waals surface area contributed by atoms with Crippen LogP contribution in [0.25, 0.3) is 16.9 Å². The molecule has 1 aromatic heterocycles. The van der Waals surface area contributed by atoms with Crippen LogP contribution in [0.1, 0.15) is 15.9 Å². The van der Waals surface area contributed by atoms with Gasteiger partial charge in [-0.15, -0.1) is 0 Å². The number of carbonyl (C=O) groups is 1. The van der Waals surface area contributed by atoms with E-state index in [1.807, 2.05) is 24.3 Å². The molecule has 3 rings (SSSR count). The largest absolute Gasteiger partial charge is 0.507 e. The van der Waals surface area contributed by atoms with Gasteiger partial charge in [0.25, 0.3) is 0 Å². The number of aromatic nitrogens is 2. The Morgan fingerprint density at radius 2 is 1.88 bits per heavy atom. The van der Waals surface area contributed by atoms with E-state index in [9.17, 15) is 15.0 Å². The highest BCUT2D eigenvalue weighted by Crippen LogP contribution is 2.36. The molecule has 0 fully saturated rings. The van der Waals surface area contributed by atoms with Gasteiger partial charge < -0.3 is 21.1 Å². The second-order valence-electron chi connectivity index (χ2n) is 5.15. The van der Waals surface area contributed by atoms with Crippen molar-refractivity contribution < 1.29 is 20.1 Å². The predicted molar refractivity (Wildman–Crippen MR) is 87.2 cm³/mol. The van der Waals surface area contributed by atoms with E-state index in [2.05, 4.69) is 5.10 Å². The van der Waals surface area contributed by atoms with Crippen LogP contribution in [0.3, 0.4) is 0 Å². The molecule has 24 heavy (non-hydrogen) atoms. The van der Waals surface area contributed by atoms with Crippen LogP contribution in [-0.2, 0) is 6.54 Å². The number of aromatic hydroxyl groups is 2. The number of benzene rings is 2. The summed E-state index contributed by atoms with van der Waals surface area (Å²) in [7, 11) is 0. The highest BCUT2D eigenvalue weighted by atomic mass is 16.4. The van der Waals surface area contributed by atoms with Gasteiger partial charge in [0.05, 0.1) is 17.6 Å². The van der Waals surface area contributed by atoms with Crippen molar-refractivity contribution in [2.45, 2.75) is 6.54 Å². The van der Waals surface area contributed by atoms with Crippen LogP contribution in [0.4, 0.5) is 0 Å². The third kappa shape index (κ3) is 2.57. The fourth-order valence-corrected chi connectivity index (χ4v) is 2.54. The zero-order valence-electron chi connectivity index (χ0n) is 12.5. The Bertz CT molecular complexity index is 918. The highest BCUT2D eigenvalue weighted by Gasteiger charge is 2.19. The fraction of sp³-hybridized carbons (Fsp3) is 0.0588. The first kappa shape index (κ1) is 15.6. The van der Waals surface area contributed by atoms with E-state index >= 15 is 0 Å². The first-order chi connectivity index (χ1) is 11.5. The molecule has 7 heteroatoms. The van der Waals surface area contributed by atoms with E-state index in [1.165, 1.54) is 12.3 Å². The molecule has 0 aliphatic heterocycles. The van der Waals surface area contributed by atoms with E-state index in [0.29, 0.717) is 12.2 Å². The van der Waals surface area contributed by atoms with Gasteiger partial charge in [-0.2, -0.15) is 5.10 Å². The minimum atomic E-state index is -1.29. The third-order valence-corrected chi connectivity index (χ3v) is 3.70. The normalized spacial score (nSPS) is 10.7. The molecule has 7 nitrogen and oxygen atoms in total. The molecule has 5 N–H and O–H groups in total. The van der Waals surface area contributed by atoms with Gasteiger partial charge in [0.2, 0.25) is 0 Å². The highest BCUT2D eigenvalue weighted by molar-refractivity contribution is 5.93. The van der Waals surface area contributed by atoms with Crippen molar-refractivity contribution in [3.63, 3.8) is 0 Å². The maximum atomic E-state index is 11.2. The molecule has 0 bridgehead atoms. The first-order valence-corrected chi connectivity index (χ1v) is 7.15. The predicted octanol–water partition coefficient (Wildman–Crippen LogP) is 2.11. The van der Waals surface area contributed by atoms with Gasteiger partial charge in [-0.25, -0.2) is 9.48 Å². The minimum Gasteiger partial charge on any atom is -0.507 e. The number of aromatic carboxylic acids is 1. The van der Waals surface area contributed by atoms with Crippen molar-refractivity contribution in [3.05, 3.63) is 59.8 Å². The Kier molecular flexibility index (Phi) is 3.93. The maximum absolute atomic E-state index is 11.2. The van der Waals surface area contributed by atoms with Crippen LogP contribution in [0.2, 0.25) is 0 Å². The summed E-state index contributed by atoms with van der Waals surface area (Å²) < 4.78 is 1.57. The lowest BCUT2D eigenvalue weighted by atomic mass is 10.0. The summed E-state index contributed by atoms with van der Waals surface area (Å²) >= 11 is 0. The summed E-state index contributed by atoms with van der Waals surface area (Å²) in [5, 5.41) is 33.2. The third-order valence-electron chi connectivity index (χ3n) is 3.70. The lowest BCUT2D eigenvalue weighted by Crippen LogP contribution is -2.07. The lowest BCUT2D eigenvalue weighted by Gasteiger charge is -2.13. The number of hydrogen-bond acceptors (Lipinski definition) is 5. The Morgan fingerprint density at radius 3 is 2.58 bits per heavy atom. The number of para-hydroxylation sites is 1. The molecule has 0 unspecified atom stereocenters. The van der Waals surface area contributed by atoms with E-state index in [-0.39, 0.29) is 16.9 Å². The summed E-state index contributed by atoms with van der Waals surface area (Å²) in [6.45, 7) is 0.303. The average Bonchev–Trinajstić information content (AvgIpc) is 3.03. The van der Waals surface area contributed by atoms with E-state index < -0.39 is 11.7 Å². The number of nitrogens with zero attached hydrogens (tertiary/aromatic N) is 2. The van der Waals surface area contributed by atoms with Crippen molar-refractivity contribution in [1.29, 1.82) is 0 Å². The molecule has 3 aromatic rings. The zero-order chi connectivity index (χ0) is 17.3. The molecule has 122 valence electrons. The number of rotatable bonds is 4. The van der Waals surface area contributed by atoms with Crippen LogP contribution >= 0.6 is 0 Å². The molecule has 0 atom stereocenters. The van der Waals surface area contributed by atoms with Crippen LogP contribution in [0.5, 0.6) is 11.5 Å². The maximum Gasteiger partial charge on any atom is 0.339 e. The van der Waals surface area contributed by atoms with Gasteiger partial charge in [-0.05, 0) is 23.8 Å². The second-order valence-corrected chi connectivity index (χ2v) is 5.15. The molecule has 2 aromatic carbocycles. The first-order valence-electron chi connectivity index (χ1n) is 7.15. The number of nitrogens with two attached hydrogens (primary N) is 1. The molecule has 0 saturated carbocycles. The lowest BCUT2D eigenvalue weighted by molar-refractivity contribution is 0.0694. The molecular formula is C17H15N3O4. The Morgan fingerprint density at radius 1 is 1.12 bits per heavy atom. The quantitative estimate of drug-likeness (QED) is 0.583. The van der Waals surface area contributed by atoms with Crippen LogP contribution in [-0.4, -0.2) is 31.1 Å². The molecule has 0 saturated heterocycles. The Hall–Kier alpha value is -3.32. The number of phenols is 2. The van der Waals surface area contributed by atoms with Crippen molar-refractivity contribution in [1.82, 2.24) is 9.78 Å². The average molecular weight is 325 g/mol. The van der Waals surface area contributed by atoms with E-state index in [4.69, 9.17) is 10.8 Å². The van der Waals surface area contributed by atoms with Crippen molar-refractivity contribution in [3.8, 4) is 28.4 Å². The molecule has 0 aliphatic carbocycles. The molecule has 0 aliphatic rings. The van der Waals surface area contributed by atoms with Crippen LogP contribution in [0.15, 0.2) is 48.7 Å². The molecular weight excluding hydrogens is 310 g/mol. The fourth-order valence-electron chi connectivity index (χ4n) is 2.54. The molecule has 0 amide bonds. The molecule has 0 radical (unpaired) electrons. The smallest absolute Gasteiger partial charge is 0.339 e. The van der Waals surface area contributed by atoms with Crippen LogP contribution in [0, 0.1) is 0 Å². The van der Waals surface area contributed by atoms with E-state index in [0.717, 1.165) is 17.3 Å². The summed E-state index contributed by atoms with van der Waals surface area (Å²) in [5.74, 6) is -2.04. The second kappa shape index (κ2) is 6.05. The summed E-state index contributed by atoms with van der Waals surface area (Å²) in [6.07, 6.45) is 1.54. The van der Waals surface area contributed by atoms with Gasteiger partial charge in [0, 0.05) is 18.2 Å². The van der Waals surface area contributed by atoms with Gasteiger partial charge >= 0.3 is 5.97 Å². The van der Waals surface area contributed by atoms with Crippen molar-refractivity contribution in [2.75, 3.05) is 0 Å². The molecule has 1 heterocycles. The monoisotopic (exact) mass is 325 g/mol. The number of phenolic OH excluding ortho intramolecular Hbond substituents is 1. The van der Waals surface area contributed by atoms with E-state index in [1.54, 1.807) is 10.7 Å². The van der Waals surface area contributed by atoms with Gasteiger partial charge in [-0.3, -0.25) is 0 Å². The number of carboxylic acid groups (broad SMARTS) is 1. The number of carboxylic acids is 1. The van der Waals surface area contributed by atoms with Gasteiger partial charge in [-0.1, -0.05) is 18.2 Å². The minimum absolute atomic E-state index is 0.245. The Labute approximate surface area is 137 Å². The summed E-state index contributed by atoms with van der Waals surface area (Å²) in [4.78, 5) is 11.2.